The van der Waals surface area contributed by atoms with Gasteiger partial charge in [-0.2, -0.15) is 0 Å². The number of halogens is 1. The van der Waals surface area contributed by atoms with Gasteiger partial charge in [0.15, 0.2) is 0 Å². The predicted octanol–water partition coefficient (Wildman–Crippen LogP) is 4.55. The molecule has 1 amide bonds. The molecule has 0 aliphatic carbocycles. The average molecular weight is 435 g/mol. The fourth-order valence-corrected chi connectivity index (χ4v) is 3.50. The third-order valence-electron chi connectivity index (χ3n) is 4.53. The second kappa shape index (κ2) is 8.56. The van der Waals surface area contributed by atoms with E-state index in [-0.39, 0.29) is 18.2 Å². The van der Waals surface area contributed by atoms with Crippen LogP contribution in [0.4, 0.5) is 16.3 Å². The molecule has 0 fully saturated rings. The normalized spacial score (nSPS) is 18.6. The number of pyridine rings is 2. The van der Waals surface area contributed by atoms with E-state index >= 15 is 0 Å². The lowest BCUT2D eigenvalue weighted by Gasteiger charge is -2.39. The van der Waals surface area contributed by atoms with Crippen molar-refractivity contribution >= 4 is 33.5 Å². The molecule has 1 aliphatic rings. The zero-order valence-corrected chi connectivity index (χ0v) is 17.2. The van der Waals surface area contributed by atoms with Crippen molar-refractivity contribution in [3.63, 3.8) is 0 Å². The van der Waals surface area contributed by atoms with Gasteiger partial charge in [-0.05, 0) is 53.9 Å². The van der Waals surface area contributed by atoms with E-state index in [0.29, 0.717) is 18.9 Å². The van der Waals surface area contributed by atoms with E-state index in [1.807, 2.05) is 18.2 Å². The molecule has 0 spiro atoms. The maximum absolute atomic E-state index is 12.6. The van der Waals surface area contributed by atoms with E-state index in [9.17, 15) is 4.79 Å². The fourth-order valence-electron chi connectivity index (χ4n) is 3.27. The minimum atomic E-state index is -0.349. The quantitative estimate of drug-likeness (QED) is 0.743. The Morgan fingerprint density at radius 1 is 1.33 bits per heavy atom. The number of nitrogens with one attached hydrogen (secondary N) is 1. The van der Waals surface area contributed by atoms with Crippen LogP contribution in [0.25, 0.3) is 0 Å². The lowest BCUT2D eigenvalue weighted by atomic mass is 9.93. The van der Waals surface area contributed by atoms with Gasteiger partial charge >= 0.3 is 6.09 Å². The van der Waals surface area contributed by atoms with Crippen LogP contribution in [0.1, 0.15) is 38.4 Å². The van der Waals surface area contributed by atoms with Gasteiger partial charge in [0.2, 0.25) is 5.88 Å². The molecule has 2 atom stereocenters. The first-order chi connectivity index (χ1) is 13.1. The summed E-state index contributed by atoms with van der Waals surface area (Å²) < 4.78 is 11.5. The first-order valence-electron chi connectivity index (χ1n) is 8.96. The van der Waals surface area contributed by atoms with E-state index in [2.05, 4.69) is 38.1 Å². The van der Waals surface area contributed by atoms with E-state index in [1.165, 1.54) is 0 Å². The van der Waals surface area contributed by atoms with Crippen molar-refractivity contribution in [1.82, 2.24) is 9.97 Å². The Morgan fingerprint density at radius 3 is 2.78 bits per heavy atom. The first kappa shape index (κ1) is 19.4. The number of nitrogens with zero attached hydrogens (tertiary/aromatic N) is 3. The molecule has 0 bridgehead atoms. The van der Waals surface area contributed by atoms with E-state index in [4.69, 9.17) is 9.47 Å². The van der Waals surface area contributed by atoms with Gasteiger partial charge in [-0.1, -0.05) is 6.92 Å². The summed E-state index contributed by atoms with van der Waals surface area (Å²) in [6.45, 7) is 4.20. The number of amides is 1. The summed E-state index contributed by atoms with van der Waals surface area (Å²) in [6, 6.07) is 7.36. The van der Waals surface area contributed by atoms with Crippen molar-refractivity contribution in [2.24, 2.45) is 0 Å². The summed E-state index contributed by atoms with van der Waals surface area (Å²) >= 11 is 3.40. The Labute approximate surface area is 167 Å². The maximum atomic E-state index is 12.6. The Bertz CT molecular complexity index is 800. The first-order valence-corrected chi connectivity index (χ1v) is 9.75. The number of hydrogen-bond acceptors (Lipinski definition) is 6. The predicted molar refractivity (Wildman–Crippen MR) is 107 cm³/mol. The van der Waals surface area contributed by atoms with Crippen LogP contribution in [0.3, 0.4) is 0 Å². The van der Waals surface area contributed by atoms with Crippen LogP contribution in [0, 0.1) is 0 Å². The maximum Gasteiger partial charge on any atom is 0.414 e. The van der Waals surface area contributed by atoms with Crippen LogP contribution in [-0.4, -0.2) is 35.8 Å². The Morgan fingerprint density at radius 2 is 2.15 bits per heavy atom. The number of fused-ring (bicyclic) bond motifs is 1. The molecule has 0 saturated carbocycles. The van der Waals surface area contributed by atoms with Gasteiger partial charge in [-0.3, -0.25) is 4.90 Å². The molecule has 8 heteroatoms. The third-order valence-corrected chi connectivity index (χ3v) is 5.00. The smallest absolute Gasteiger partial charge is 0.414 e. The van der Waals surface area contributed by atoms with Crippen LogP contribution < -0.4 is 15.0 Å². The minimum Gasteiger partial charge on any atom is -0.481 e. The molecular formula is C19H23BrN4O3. The highest BCUT2D eigenvalue weighted by Gasteiger charge is 2.37. The van der Waals surface area contributed by atoms with Crippen molar-refractivity contribution in [2.75, 3.05) is 23.9 Å². The lowest BCUT2D eigenvalue weighted by Crippen LogP contribution is -2.46. The van der Waals surface area contributed by atoms with Crippen molar-refractivity contribution in [1.29, 1.82) is 0 Å². The second-order valence-corrected chi connectivity index (χ2v) is 7.10. The molecular weight excluding hydrogens is 412 g/mol. The summed E-state index contributed by atoms with van der Waals surface area (Å²) in [5.41, 5.74) is 1.48. The number of hydrogen-bond donors (Lipinski definition) is 1. The molecule has 0 saturated heterocycles. The van der Waals surface area contributed by atoms with Gasteiger partial charge in [0.1, 0.15) is 5.82 Å². The van der Waals surface area contributed by atoms with Gasteiger partial charge in [-0.25, -0.2) is 14.8 Å². The van der Waals surface area contributed by atoms with E-state index in [1.54, 1.807) is 31.2 Å². The number of ether oxygens (including phenoxy) is 2. The van der Waals surface area contributed by atoms with Crippen LogP contribution in [0.5, 0.6) is 5.88 Å². The number of anilines is 2. The topological polar surface area (TPSA) is 76.6 Å². The summed E-state index contributed by atoms with van der Waals surface area (Å²) in [5, 5.41) is 3.44. The monoisotopic (exact) mass is 434 g/mol. The summed E-state index contributed by atoms with van der Waals surface area (Å²) in [5.74, 6) is 1.25. The summed E-state index contributed by atoms with van der Waals surface area (Å²) in [4.78, 5) is 23.3. The number of carbonyl (C=O) groups is 1. The van der Waals surface area contributed by atoms with Crippen LogP contribution in [-0.2, 0) is 4.74 Å². The van der Waals surface area contributed by atoms with Gasteiger partial charge in [0, 0.05) is 22.8 Å². The van der Waals surface area contributed by atoms with E-state index < -0.39 is 0 Å². The molecule has 2 aromatic heterocycles. The largest absolute Gasteiger partial charge is 0.481 e. The lowest BCUT2D eigenvalue weighted by molar-refractivity contribution is 0.155. The number of rotatable bonds is 5. The van der Waals surface area contributed by atoms with Crippen LogP contribution in [0.2, 0.25) is 0 Å². The molecule has 27 heavy (non-hydrogen) atoms. The van der Waals surface area contributed by atoms with Crippen LogP contribution >= 0.6 is 15.9 Å². The van der Waals surface area contributed by atoms with Crippen LogP contribution in [0.15, 0.2) is 34.9 Å². The molecule has 1 N–H and O–H groups in total. The Balaban J connectivity index is 2.00. The highest BCUT2D eigenvalue weighted by molar-refractivity contribution is 9.10. The molecule has 2 aromatic rings. The van der Waals surface area contributed by atoms with Crippen molar-refractivity contribution < 1.29 is 14.3 Å². The standard InChI is InChI=1S/C19H23BrN4O3/c1-4-13-10-14(22-16-8-6-12(20)11-21-16)18-15(7-9-17(23-18)26-3)24(13)19(25)27-5-2/h6-9,11,13-14H,4-5,10H2,1-3H3,(H,21,22)/t13-,14+/m1/s1. The zero-order chi connectivity index (χ0) is 19.4. The molecule has 0 aromatic carbocycles. The van der Waals surface area contributed by atoms with Gasteiger partial charge in [0.05, 0.1) is 31.1 Å². The van der Waals surface area contributed by atoms with Crippen molar-refractivity contribution in [3.8, 4) is 5.88 Å². The Kier molecular flexibility index (Phi) is 6.15. The zero-order valence-electron chi connectivity index (χ0n) is 15.6. The van der Waals surface area contributed by atoms with Crippen molar-refractivity contribution in [3.05, 3.63) is 40.6 Å². The Hall–Kier alpha value is -2.35. The van der Waals surface area contributed by atoms with Gasteiger partial charge in [0.25, 0.3) is 0 Å². The average Bonchev–Trinajstić information content (AvgIpc) is 2.69. The van der Waals surface area contributed by atoms with Gasteiger partial charge in [-0.15, -0.1) is 0 Å². The highest BCUT2D eigenvalue weighted by Crippen LogP contribution is 2.40. The second-order valence-electron chi connectivity index (χ2n) is 6.18. The molecule has 0 radical (unpaired) electrons. The number of methoxy groups -OCH3 is 1. The minimum absolute atomic E-state index is 0.000284. The molecule has 1 aliphatic heterocycles. The SMILES string of the molecule is CCOC(=O)N1c2ccc(OC)nc2[C@@H](Nc2ccc(Br)cn2)C[C@H]1CC. The van der Waals surface area contributed by atoms with E-state index in [0.717, 1.165) is 28.1 Å². The number of aromatic nitrogens is 2. The molecule has 3 heterocycles. The molecule has 0 unspecified atom stereocenters. The fraction of sp³-hybridized carbons (Fsp3) is 0.421. The summed E-state index contributed by atoms with van der Waals surface area (Å²) in [7, 11) is 1.58. The third kappa shape index (κ3) is 4.16. The molecule has 3 rings (SSSR count). The highest BCUT2D eigenvalue weighted by atomic mass is 79.9. The molecule has 144 valence electrons. The number of carbonyl (C=O) groups excluding carboxylic acids is 1. The summed E-state index contributed by atoms with van der Waals surface area (Å²) in [6.07, 6.45) is 2.89. The molecule has 7 nitrogen and oxygen atoms in total. The van der Waals surface area contributed by atoms with Crippen molar-refractivity contribution in [2.45, 2.75) is 38.8 Å². The van der Waals surface area contributed by atoms with Gasteiger partial charge < -0.3 is 14.8 Å².